The molecule has 0 amide bonds. The first-order valence-electron chi connectivity index (χ1n) is 6.81. The number of nitro groups is 1. The van der Waals surface area contributed by atoms with Gasteiger partial charge in [0.1, 0.15) is 0 Å². The molecule has 1 fully saturated rings. The average Bonchev–Trinajstić information content (AvgIpc) is 2.41. The van der Waals surface area contributed by atoms with Crippen molar-refractivity contribution in [1.82, 2.24) is 4.90 Å². The van der Waals surface area contributed by atoms with Crippen LogP contribution in [0.3, 0.4) is 0 Å². The number of likely N-dealkylation sites (tertiary alicyclic amines) is 1. The third-order valence-corrected chi connectivity index (χ3v) is 3.98. The molecular weight excluding hydrogens is 242 g/mol. The minimum Gasteiger partial charge on any atom is -0.329 e. The van der Waals surface area contributed by atoms with Crippen molar-refractivity contribution >= 4 is 5.69 Å². The van der Waals surface area contributed by atoms with Gasteiger partial charge in [-0.15, -0.1) is 0 Å². The van der Waals surface area contributed by atoms with Crippen molar-refractivity contribution in [2.24, 2.45) is 5.73 Å². The second-order valence-corrected chi connectivity index (χ2v) is 5.27. The molecule has 0 radical (unpaired) electrons. The van der Waals surface area contributed by atoms with Gasteiger partial charge >= 0.3 is 0 Å². The quantitative estimate of drug-likeness (QED) is 0.668. The van der Waals surface area contributed by atoms with E-state index >= 15 is 0 Å². The first-order valence-corrected chi connectivity index (χ1v) is 6.81. The van der Waals surface area contributed by atoms with Crippen LogP contribution >= 0.6 is 0 Å². The van der Waals surface area contributed by atoms with E-state index in [9.17, 15) is 10.1 Å². The Morgan fingerprint density at radius 1 is 1.37 bits per heavy atom. The molecule has 1 saturated heterocycles. The summed E-state index contributed by atoms with van der Waals surface area (Å²) in [6.07, 6.45) is 3.58. The maximum atomic E-state index is 10.6. The summed E-state index contributed by atoms with van der Waals surface area (Å²) in [5.74, 6) is 0. The molecule has 1 aliphatic rings. The highest BCUT2D eigenvalue weighted by molar-refractivity contribution is 5.32. The lowest BCUT2D eigenvalue weighted by Crippen LogP contribution is -2.48. The van der Waals surface area contributed by atoms with E-state index in [1.807, 2.05) is 12.1 Å². The van der Waals surface area contributed by atoms with Gasteiger partial charge in [-0.1, -0.05) is 18.6 Å². The Balaban J connectivity index is 2.07. The summed E-state index contributed by atoms with van der Waals surface area (Å²) in [5.41, 5.74) is 7.10. The minimum atomic E-state index is -0.365. The molecule has 0 spiro atoms. The molecule has 1 aliphatic heterocycles. The van der Waals surface area contributed by atoms with Crippen molar-refractivity contribution in [2.75, 3.05) is 6.54 Å². The van der Waals surface area contributed by atoms with Crippen LogP contribution in [0.2, 0.25) is 0 Å². The van der Waals surface area contributed by atoms with Gasteiger partial charge in [0.25, 0.3) is 5.69 Å². The van der Waals surface area contributed by atoms with Crippen LogP contribution in [0.25, 0.3) is 0 Å². The van der Waals surface area contributed by atoms with Gasteiger partial charge < -0.3 is 5.73 Å². The largest absolute Gasteiger partial charge is 0.329 e. The molecule has 2 rings (SSSR count). The molecule has 0 aromatic heterocycles. The molecular formula is C14H21N3O2. The molecule has 0 saturated carbocycles. The minimum absolute atomic E-state index is 0.144. The van der Waals surface area contributed by atoms with Crippen molar-refractivity contribution in [2.45, 2.75) is 44.8 Å². The summed E-state index contributed by atoms with van der Waals surface area (Å²) >= 11 is 0. The third kappa shape index (κ3) is 3.30. The molecule has 1 aromatic rings. The van der Waals surface area contributed by atoms with E-state index in [2.05, 4.69) is 11.8 Å². The standard InChI is InChI=1S/C14H21N3O2/c1-11-3-2-4-14(9-15)16(11)10-12-5-7-13(8-6-12)17(18)19/h5-8,11,14H,2-4,9-10,15H2,1H3. The normalized spacial score (nSPS) is 24.3. The molecule has 2 N–H and O–H groups in total. The average molecular weight is 263 g/mol. The second kappa shape index (κ2) is 6.12. The van der Waals surface area contributed by atoms with Crippen LogP contribution in [0.15, 0.2) is 24.3 Å². The highest BCUT2D eigenvalue weighted by atomic mass is 16.6. The second-order valence-electron chi connectivity index (χ2n) is 5.27. The zero-order valence-electron chi connectivity index (χ0n) is 11.3. The molecule has 5 heteroatoms. The molecule has 0 bridgehead atoms. The van der Waals surface area contributed by atoms with Gasteiger partial charge in [-0.2, -0.15) is 0 Å². The molecule has 2 unspecified atom stereocenters. The Kier molecular flexibility index (Phi) is 4.50. The summed E-state index contributed by atoms with van der Waals surface area (Å²) < 4.78 is 0. The van der Waals surface area contributed by atoms with Crippen LogP contribution < -0.4 is 5.73 Å². The van der Waals surface area contributed by atoms with Crippen molar-refractivity contribution in [3.63, 3.8) is 0 Å². The van der Waals surface area contributed by atoms with Crippen LogP contribution in [0.1, 0.15) is 31.7 Å². The van der Waals surface area contributed by atoms with E-state index in [1.165, 1.54) is 12.8 Å². The Labute approximate surface area is 113 Å². The third-order valence-electron chi connectivity index (χ3n) is 3.98. The number of rotatable bonds is 4. The smallest absolute Gasteiger partial charge is 0.269 e. The van der Waals surface area contributed by atoms with Crippen molar-refractivity contribution in [1.29, 1.82) is 0 Å². The molecule has 2 atom stereocenters. The van der Waals surface area contributed by atoms with Crippen LogP contribution in [0, 0.1) is 10.1 Å². The van der Waals surface area contributed by atoms with E-state index in [0.29, 0.717) is 18.6 Å². The van der Waals surface area contributed by atoms with Crippen LogP contribution in [-0.4, -0.2) is 28.5 Å². The van der Waals surface area contributed by atoms with E-state index in [4.69, 9.17) is 5.73 Å². The van der Waals surface area contributed by atoms with E-state index < -0.39 is 0 Å². The molecule has 1 aromatic carbocycles. The lowest BCUT2D eigenvalue weighted by atomic mass is 9.95. The Morgan fingerprint density at radius 3 is 2.63 bits per heavy atom. The number of hydrogen-bond acceptors (Lipinski definition) is 4. The SMILES string of the molecule is CC1CCCC(CN)N1Cc1ccc([N+](=O)[O-])cc1. The van der Waals surface area contributed by atoms with Crippen LogP contribution in [0.4, 0.5) is 5.69 Å². The summed E-state index contributed by atoms with van der Waals surface area (Å²) in [5, 5.41) is 10.6. The Hall–Kier alpha value is -1.46. The van der Waals surface area contributed by atoms with Gasteiger partial charge in [0, 0.05) is 37.3 Å². The highest BCUT2D eigenvalue weighted by Crippen LogP contribution is 2.24. The molecule has 1 heterocycles. The van der Waals surface area contributed by atoms with E-state index in [0.717, 1.165) is 18.5 Å². The zero-order valence-corrected chi connectivity index (χ0v) is 11.3. The van der Waals surface area contributed by atoms with E-state index in [-0.39, 0.29) is 10.6 Å². The first kappa shape index (κ1) is 14.0. The van der Waals surface area contributed by atoms with Gasteiger partial charge in [-0.05, 0) is 25.3 Å². The fourth-order valence-corrected chi connectivity index (χ4v) is 2.81. The highest BCUT2D eigenvalue weighted by Gasteiger charge is 2.26. The number of nitrogens with two attached hydrogens (primary N) is 1. The van der Waals surface area contributed by atoms with E-state index in [1.54, 1.807) is 12.1 Å². The number of non-ortho nitro benzene ring substituents is 1. The summed E-state index contributed by atoms with van der Waals surface area (Å²) in [7, 11) is 0. The predicted molar refractivity (Wildman–Crippen MR) is 74.8 cm³/mol. The van der Waals surface area contributed by atoms with Gasteiger partial charge in [0.15, 0.2) is 0 Å². The van der Waals surface area contributed by atoms with Gasteiger partial charge in [-0.3, -0.25) is 15.0 Å². The molecule has 5 nitrogen and oxygen atoms in total. The number of nitro benzene ring substituents is 1. The van der Waals surface area contributed by atoms with Gasteiger partial charge in [-0.25, -0.2) is 0 Å². The fraction of sp³-hybridized carbons (Fsp3) is 0.571. The zero-order chi connectivity index (χ0) is 13.8. The fourth-order valence-electron chi connectivity index (χ4n) is 2.81. The maximum absolute atomic E-state index is 10.6. The summed E-state index contributed by atoms with van der Waals surface area (Å²) in [6, 6.07) is 7.78. The predicted octanol–water partition coefficient (Wildman–Crippen LogP) is 2.30. The molecule has 0 aliphatic carbocycles. The first-order chi connectivity index (χ1) is 9.11. The maximum Gasteiger partial charge on any atom is 0.269 e. The Morgan fingerprint density at radius 2 is 2.05 bits per heavy atom. The molecule has 104 valence electrons. The lowest BCUT2D eigenvalue weighted by Gasteiger charge is -2.40. The monoisotopic (exact) mass is 263 g/mol. The molecule has 19 heavy (non-hydrogen) atoms. The summed E-state index contributed by atoms with van der Waals surface area (Å²) in [6.45, 7) is 3.73. The van der Waals surface area contributed by atoms with Crippen molar-refractivity contribution in [3.8, 4) is 0 Å². The summed E-state index contributed by atoms with van der Waals surface area (Å²) in [4.78, 5) is 12.7. The van der Waals surface area contributed by atoms with Gasteiger partial charge in [0.2, 0.25) is 0 Å². The topological polar surface area (TPSA) is 72.4 Å². The number of benzene rings is 1. The lowest BCUT2D eigenvalue weighted by molar-refractivity contribution is -0.384. The van der Waals surface area contributed by atoms with Crippen LogP contribution in [-0.2, 0) is 6.54 Å². The van der Waals surface area contributed by atoms with Crippen LogP contribution in [0.5, 0.6) is 0 Å². The number of piperidine rings is 1. The van der Waals surface area contributed by atoms with Crippen molar-refractivity contribution < 1.29 is 4.92 Å². The van der Waals surface area contributed by atoms with Crippen molar-refractivity contribution in [3.05, 3.63) is 39.9 Å². The Bertz CT molecular complexity index is 433. The van der Waals surface area contributed by atoms with Gasteiger partial charge in [0.05, 0.1) is 4.92 Å². The number of hydrogen-bond donors (Lipinski definition) is 1. The number of nitrogens with zero attached hydrogens (tertiary/aromatic N) is 2.